The Labute approximate surface area is 139 Å². The van der Waals surface area contributed by atoms with Crippen molar-refractivity contribution >= 4 is 0 Å². The molecule has 0 aliphatic carbocycles. The lowest BCUT2D eigenvalue weighted by Gasteiger charge is -2.21. The predicted octanol–water partition coefficient (Wildman–Crippen LogP) is 3.55. The van der Waals surface area contributed by atoms with E-state index in [1.807, 2.05) is 29.8 Å². The topological polar surface area (TPSA) is 50.1 Å². The number of aryl methyl sites for hydroxylation is 1. The normalized spacial score (nSPS) is 15.4. The van der Waals surface area contributed by atoms with Crippen molar-refractivity contribution in [2.45, 2.75) is 53.2 Å². The Morgan fingerprint density at radius 2 is 1.83 bits per heavy atom. The Bertz CT molecular complexity index is 621. The van der Waals surface area contributed by atoms with Gasteiger partial charge in [-0.25, -0.2) is 4.68 Å². The lowest BCUT2D eigenvalue weighted by Crippen LogP contribution is -2.33. The molecule has 2 N–H and O–H groups in total. The Hall–Kier alpha value is -1.65. The van der Waals surface area contributed by atoms with Crippen molar-refractivity contribution in [3.8, 4) is 5.69 Å². The molecule has 4 nitrogen and oxygen atoms in total. The average Bonchev–Trinajstić information content (AvgIpc) is 2.87. The Morgan fingerprint density at radius 3 is 2.43 bits per heavy atom. The summed E-state index contributed by atoms with van der Waals surface area (Å²) in [7, 11) is 0. The second-order valence-corrected chi connectivity index (χ2v) is 6.41. The monoisotopic (exact) mass is 315 g/mol. The Kier molecular flexibility index (Phi) is 5.97. The number of aliphatic hydroxyl groups excluding tert-OH is 1. The molecule has 0 fully saturated rings. The molecular formula is C19H29N3O. The maximum atomic E-state index is 10.2. The van der Waals surface area contributed by atoms with E-state index in [4.69, 9.17) is 5.10 Å². The molecule has 0 saturated carbocycles. The van der Waals surface area contributed by atoms with E-state index in [-0.39, 0.29) is 12.1 Å². The van der Waals surface area contributed by atoms with Crippen molar-refractivity contribution < 1.29 is 5.11 Å². The van der Waals surface area contributed by atoms with E-state index >= 15 is 0 Å². The highest BCUT2D eigenvalue weighted by Gasteiger charge is 2.20. The molecule has 1 aromatic carbocycles. The molecule has 0 aliphatic rings. The molecule has 0 saturated heterocycles. The van der Waals surface area contributed by atoms with Crippen LogP contribution in [0.1, 0.15) is 50.2 Å². The number of benzene rings is 1. The summed E-state index contributed by atoms with van der Waals surface area (Å²) in [6.45, 7) is 11.1. The second kappa shape index (κ2) is 7.75. The first-order valence-corrected chi connectivity index (χ1v) is 8.48. The molecule has 0 aliphatic heterocycles. The maximum Gasteiger partial charge on any atom is 0.0690 e. The van der Waals surface area contributed by atoms with Gasteiger partial charge >= 0.3 is 0 Å². The van der Waals surface area contributed by atoms with Gasteiger partial charge in [-0.1, -0.05) is 38.5 Å². The number of para-hydroxylation sites is 1. The van der Waals surface area contributed by atoms with Gasteiger partial charge in [-0.15, -0.1) is 0 Å². The quantitative estimate of drug-likeness (QED) is 0.821. The molecular weight excluding hydrogens is 286 g/mol. The molecule has 2 aromatic rings. The van der Waals surface area contributed by atoms with Crippen LogP contribution >= 0.6 is 0 Å². The van der Waals surface area contributed by atoms with Crippen LogP contribution in [0.5, 0.6) is 0 Å². The molecule has 0 spiro atoms. The number of aromatic nitrogens is 2. The van der Waals surface area contributed by atoms with Crippen molar-refractivity contribution in [1.29, 1.82) is 0 Å². The average molecular weight is 315 g/mol. The zero-order chi connectivity index (χ0) is 17.0. The first-order valence-electron chi connectivity index (χ1n) is 8.48. The van der Waals surface area contributed by atoms with Crippen molar-refractivity contribution in [3.63, 3.8) is 0 Å². The summed E-state index contributed by atoms with van der Waals surface area (Å²) in [6, 6.07) is 10.3. The van der Waals surface area contributed by atoms with E-state index < -0.39 is 0 Å². The molecule has 0 amide bonds. The molecule has 1 aromatic heterocycles. The van der Waals surface area contributed by atoms with E-state index in [9.17, 15) is 5.11 Å². The van der Waals surface area contributed by atoms with Gasteiger partial charge < -0.3 is 10.4 Å². The maximum absolute atomic E-state index is 10.2. The molecule has 4 heteroatoms. The fourth-order valence-electron chi connectivity index (χ4n) is 2.97. The van der Waals surface area contributed by atoms with Crippen LogP contribution in [0.2, 0.25) is 0 Å². The third kappa shape index (κ3) is 4.01. The van der Waals surface area contributed by atoms with Gasteiger partial charge in [0.2, 0.25) is 0 Å². The van der Waals surface area contributed by atoms with Gasteiger partial charge in [0.15, 0.2) is 0 Å². The van der Waals surface area contributed by atoms with Crippen LogP contribution in [0.25, 0.3) is 5.69 Å². The SMILES string of the molecule is CCC(C)C(O)CNC(C)c1c(C)nn(-c2ccccc2)c1C. The largest absolute Gasteiger partial charge is 0.392 e. The number of hydrogen-bond donors (Lipinski definition) is 2. The van der Waals surface area contributed by atoms with Gasteiger partial charge in [-0.05, 0) is 38.8 Å². The lowest BCUT2D eigenvalue weighted by atomic mass is 10.0. The minimum absolute atomic E-state index is 0.158. The van der Waals surface area contributed by atoms with Crippen LogP contribution in [0, 0.1) is 19.8 Å². The summed E-state index contributed by atoms with van der Waals surface area (Å²) in [5.74, 6) is 0.309. The van der Waals surface area contributed by atoms with Gasteiger partial charge in [0.05, 0.1) is 17.5 Å². The third-order valence-corrected chi connectivity index (χ3v) is 4.72. The first-order chi connectivity index (χ1) is 11.0. The number of nitrogens with zero attached hydrogens (tertiary/aromatic N) is 2. The molecule has 126 valence electrons. The third-order valence-electron chi connectivity index (χ3n) is 4.72. The molecule has 1 heterocycles. The van der Waals surface area contributed by atoms with Crippen LogP contribution in [-0.2, 0) is 0 Å². The highest BCUT2D eigenvalue weighted by atomic mass is 16.3. The van der Waals surface area contributed by atoms with Crippen molar-refractivity contribution in [2.75, 3.05) is 6.54 Å². The second-order valence-electron chi connectivity index (χ2n) is 6.41. The summed E-state index contributed by atoms with van der Waals surface area (Å²) in [4.78, 5) is 0. The number of aliphatic hydroxyl groups is 1. The highest BCUT2D eigenvalue weighted by Crippen LogP contribution is 2.24. The standard InChI is InChI=1S/C19H29N3O/c1-6-13(2)18(23)12-20-14(3)19-15(4)21-22(16(19)5)17-10-8-7-9-11-17/h7-11,13-14,18,20,23H,6,12H2,1-5H3. The molecule has 2 rings (SSSR count). The summed E-state index contributed by atoms with van der Waals surface area (Å²) in [5, 5.41) is 18.3. The Morgan fingerprint density at radius 1 is 1.17 bits per heavy atom. The lowest BCUT2D eigenvalue weighted by molar-refractivity contribution is 0.110. The Balaban J connectivity index is 2.15. The van der Waals surface area contributed by atoms with Gasteiger partial charge in [-0.2, -0.15) is 5.10 Å². The smallest absolute Gasteiger partial charge is 0.0690 e. The molecule has 0 bridgehead atoms. The van der Waals surface area contributed by atoms with Crippen LogP contribution < -0.4 is 5.32 Å². The minimum Gasteiger partial charge on any atom is -0.392 e. The van der Waals surface area contributed by atoms with Crippen LogP contribution in [-0.4, -0.2) is 27.5 Å². The van der Waals surface area contributed by atoms with E-state index in [0.29, 0.717) is 12.5 Å². The fourth-order valence-corrected chi connectivity index (χ4v) is 2.97. The summed E-state index contributed by atoms with van der Waals surface area (Å²) >= 11 is 0. The van der Waals surface area contributed by atoms with E-state index in [0.717, 1.165) is 23.5 Å². The van der Waals surface area contributed by atoms with Crippen molar-refractivity contribution in [1.82, 2.24) is 15.1 Å². The zero-order valence-electron chi connectivity index (χ0n) is 14.9. The minimum atomic E-state index is -0.313. The van der Waals surface area contributed by atoms with Gasteiger partial charge in [0.1, 0.15) is 0 Å². The van der Waals surface area contributed by atoms with Gasteiger partial charge in [0, 0.05) is 23.8 Å². The van der Waals surface area contributed by atoms with Gasteiger partial charge in [-0.3, -0.25) is 0 Å². The van der Waals surface area contributed by atoms with Gasteiger partial charge in [0.25, 0.3) is 0 Å². The van der Waals surface area contributed by atoms with Crippen molar-refractivity contribution in [2.24, 2.45) is 5.92 Å². The fraction of sp³-hybridized carbons (Fsp3) is 0.526. The molecule has 3 atom stereocenters. The highest BCUT2D eigenvalue weighted by molar-refractivity contribution is 5.38. The van der Waals surface area contributed by atoms with Crippen LogP contribution in [0.3, 0.4) is 0 Å². The molecule has 23 heavy (non-hydrogen) atoms. The van der Waals surface area contributed by atoms with Crippen LogP contribution in [0.4, 0.5) is 0 Å². The number of nitrogens with one attached hydrogen (secondary N) is 1. The molecule has 3 unspecified atom stereocenters. The van der Waals surface area contributed by atoms with E-state index in [2.05, 4.69) is 45.1 Å². The van der Waals surface area contributed by atoms with Crippen molar-refractivity contribution in [3.05, 3.63) is 47.3 Å². The predicted molar refractivity (Wildman–Crippen MR) is 94.9 cm³/mol. The number of hydrogen-bond acceptors (Lipinski definition) is 3. The van der Waals surface area contributed by atoms with E-state index in [1.54, 1.807) is 0 Å². The summed E-state index contributed by atoms with van der Waals surface area (Å²) < 4.78 is 1.99. The zero-order valence-corrected chi connectivity index (χ0v) is 14.9. The first kappa shape index (κ1) is 17.7. The van der Waals surface area contributed by atoms with Crippen LogP contribution in [0.15, 0.2) is 30.3 Å². The summed E-state index contributed by atoms with van der Waals surface area (Å²) in [6.07, 6.45) is 0.675. The summed E-state index contributed by atoms with van der Waals surface area (Å²) in [5.41, 5.74) is 4.47. The van der Waals surface area contributed by atoms with E-state index in [1.165, 1.54) is 5.56 Å². The number of rotatable bonds is 7. The molecule has 0 radical (unpaired) electrons.